The minimum Gasteiger partial charge on any atom is -0.480 e. The number of hydrogen-bond acceptors (Lipinski definition) is 4. The van der Waals surface area contributed by atoms with Gasteiger partial charge in [0.2, 0.25) is 0 Å². The van der Waals surface area contributed by atoms with E-state index in [1.807, 2.05) is 65.6 Å². The summed E-state index contributed by atoms with van der Waals surface area (Å²) in [5.74, 6) is -0.949. The Labute approximate surface area is 171 Å². The summed E-state index contributed by atoms with van der Waals surface area (Å²) in [6.07, 6.45) is -0.473. The van der Waals surface area contributed by atoms with Crippen molar-refractivity contribution in [1.82, 2.24) is 9.80 Å². The number of carboxylic acid groups (broad SMARTS) is 1. The maximum absolute atomic E-state index is 12.5. The molecular formula is C23H28N2O4. The van der Waals surface area contributed by atoms with Crippen LogP contribution in [0.15, 0.2) is 60.7 Å². The summed E-state index contributed by atoms with van der Waals surface area (Å²) in [5.41, 5.74) is 1.43. The number of ether oxygens (including phenoxy) is 1. The van der Waals surface area contributed by atoms with E-state index in [9.17, 15) is 14.7 Å². The van der Waals surface area contributed by atoms with Crippen LogP contribution in [0.5, 0.6) is 0 Å². The van der Waals surface area contributed by atoms with Gasteiger partial charge in [0.05, 0.1) is 12.6 Å². The monoisotopic (exact) mass is 396 g/mol. The molecule has 2 aromatic rings. The zero-order chi connectivity index (χ0) is 21.0. The number of carbonyl (C=O) groups is 2. The first kappa shape index (κ1) is 20.9. The Hall–Kier alpha value is -2.86. The zero-order valence-corrected chi connectivity index (χ0v) is 17.1. The topological polar surface area (TPSA) is 70.1 Å². The Bertz CT molecular complexity index is 793. The van der Waals surface area contributed by atoms with Gasteiger partial charge in [-0.05, 0) is 31.9 Å². The molecule has 0 aromatic heterocycles. The highest BCUT2D eigenvalue weighted by Crippen LogP contribution is 2.32. The summed E-state index contributed by atoms with van der Waals surface area (Å²) in [6.45, 7) is 6.34. The molecule has 29 heavy (non-hydrogen) atoms. The van der Waals surface area contributed by atoms with Crippen LogP contribution >= 0.6 is 0 Å². The molecule has 1 saturated heterocycles. The number of carboxylic acids is 1. The Morgan fingerprint density at radius 3 is 1.93 bits per heavy atom. The van der Waals surface area contributed by atoms with Crippen molar-refractivity contribution >= 4 is 12.1 Å². The first-order valence-corrected chi connectivity index (χ1v) is 9.82. The fourth-order valence-corrected chi connectivity index (χ4v) is 3.66. The van der Waals surface area contributed by atoms with Crippen LogP contribution in [0.2, 0.25) is 0 Å². The van der Waals surface area contributed by atoms with Crippen LogP contribution < -0.4 is 0 Å². The summed E-state index contributed by atoms with van der Waals surface area (Å²) < 4.78 is 5.45. The van der Waals surface area contributed by atoms with Gasteiger partial charge in [-0.1, -0.05) is 60.7 Å². The van der Waals surface area contributed by atoms with E-state index < -0.39 is 23.7 Å². The maximum atomic E-state index is 12.5. The predicted octanol–water partition coefficient (Wildman–Crippen LogP) is 3.78. The molecule has 6 heteroatoms. The van der Waals surface area contributed by atoms with Gasteiger partial charge < -0.3 is 14.7 Å². The highest BCUT2D eigenvalue weighted by molar-refractivity contribution is 5.76. The molecule has 2 aromatic carbocycles. The summed E-state index contributed by atoms with van der Waals surface area (Å²) >= 11 is 0. The van der Waals surface area contributed by atoms with Crippen molar-refractivity contribution in [1.29, 1.82) is 0 Å². The van der Waals surface area contributed by atoms with Crippen LogP contribution in [-0.4, -0.2) is 58.2 Å². The average Bonchev–Trinajstić information content (AvgIpc) is 2.68. The van der Waals surface area contributed by atoms with Gasteiger partial charge in [-0.3, -0.25) is 9.69 Å². The Morgan fingerprint density at radius 1 is 0.966 bits per heavy atom. The van der Waals surface area contributed by atoms with E-state index in [1.54, 1.807) is 20.8 Å². The standard InChI is InChI=1S/C23H28N2O4/c1-23(2,3)29-22(28)24-14-15-25(19(16-24)21(26)27)20(17-10-6-4-7-11-17)18-12-8-5-9-13-18/h4-13,19-20H,14-16H2,1-3H3,(H,26,27). The molecule has 1 aliphatic heterocycles. The van der Waals surface area contributed by atoms with E-state index in [0.717, 1.165) is 11.1 Å². The molecule has 0 spiro atoms. The third-order valence-corrected chi connectivity index (χ3v) is 4.92. The van der Waals surface area contributed by atoms with E-state index in [0.29, 0.717) is 13.1 Å². The third-order valence-electron chi connectivity index (χ3n) is 4.92. The Kier molecular flexibility index (Phi) is 6.23. The minimum absolute atomic E-state index is 0.0837. The highest BCUT2D eigenvalue weighted by Gasteiger charge is 2.40. The average molecular weight is 396 g/mol. The van der Waals surface area contributed by atoms with Crippen molar-refractivity contribution < 1.29 is 19.4 Å². The molecule has 1 aliphatic rings. The van der Waals surface area contributed by atoms with Gasteiger partial charge >= 0.3 is 12.1 Å². The Morgan fingerprint density at radius 2 is 1.48 bits per heavy atom. The quantitative estimate of drug-likeness (QED) is 0.852. The van der Waals surface area contributed by atoms with Crippen molar-refractivity contribution in [2.24, 2.45) is 0 Å². The number of aliphatic carboxylic acids is 1. The molecule has 0 bridgehead atoms. The van der Waals surface area contributed by atoms with E-state index >= 15 is 0 Å². The van der Waals surface area contributed by atoms with Gasteiger partial charge in [0, 0.05) is 13.1 Å². The van der Waals surface area contributed by atoms with Crippen LogP contribution in [0.1, 0.15) is 37.9 Å². The smallest absolute Gasteiger partial charge is 0.410 e. The third kappa shape index (κ3) is 5.15. The number of carbonyl (C=O) groups excluding carboxylic acids is 1. The second-order valence-electron chi connectivity index (χ2n) is 8.24. The molecule has 1 fully saturated rings. The van der Waals surface area contributed by atoms with E-state index in [2.05, 4.69) is 0 Å². The van der Waals surface area contributed by atoms with Crippen LogP contribution in [0.3, 0.4) is 0 Å². The lowest BCUT2D eigenvalue weighted by Gasteiger charge is -2.43. The summed E-state index contributed by atoms with van der Waals surface area (Å²) in [7, 11) is 0. The SMILES string of the molecule is CC(C)(C)OC(=O)N1CCN(C(c2ccccc2)c2ccccc2)C(C(=O)O)C1. The molecule has 1 N–H and O–H groups in total. The maximum Gasteiger partial charge on any atom is 0.410 e. The second kappa shape index (κ2) is 8.66. The first-order valence-electron chi connectivity index (χ1n) is 9.82. The molecule has 154 valence electrons. The lowest BCUT2D eigenvalue weighted by Crippen LogP contribution is -2.59. The van der Waals surface area contributed by atoms with Crippen LogP contribution in [0.4, 0.5) is 4.79 Å². The summed E-state index contributed by atoms with van der Waals surface area (Å²) in [5, 5.41) is 9.96. The molecule has 1 unspecified atom stereocenters. The second-order valence-corrected chi connectivity index (χ2v) is 8.24. The lowest BCUT2D eigenvalue weighted by molar-refractivity contribution is -0.146. The number of hydrogen-bond donors (Lipinski definition) is 1. The molecule has 6 nitrogen and oxygen atoms in total. The van der Waals surface area contributed by atoms with Gasteiger partial charge in [-0.15, -0.1) is 0 Å². The number of nitrogens with zero attached hydrogens (tertiary/aromatic N) is 2. The number of piperazine rings is 1. The normalized spacial score (nSPS) is 17.9. The zero-order valence-electron chi connectivity index (χ0n) is 17.1. The van der Waals surface area contributed by atoms with Gasteiger partial charge in [0.1, 0.15) is 11.6 Å². The van der Waals surface area contributed by atoms with Gasteiger partial charge in [0.25, 0.3) is 0 Å². The van der Waals surface area contributed by atoms with Crippen molar-refractivity contribution in [3.05, 3.63) is 71.8 Å². The van der Waals surface area contributed by atoms with Gasteiger partial charge in [-0.25, -0.2) is 4.79 Å². The lowest BCUT2D eigenvalue weighted by atomic mass is 9.94. The Balaban J connectivity index is 1.90. The van der Waals surface area contributed by atoms with Crippen molar-refractivity contribution in [2.75, 3.05) is 19.6 Å². The highest BCUT2D eigenvalue weighted by atomic mass is 16.6. The summed E-state index contributed by atoms with van der Waals surface area (Å²) in [4.78, 5) is 28.1. The van der Waals surface area contributed by atoms with E-state index in [4.69, 9.17) is 4.74 Å². The molecule has 0 aliphatic carbocycles. The molecule has 1 atom stereocenters. The number of benzene rings is 2. The molecule has 1 amide bonds. The fourth-order valence-electron chi connectivity index (χ4n) is 3.66. The molecule has 1 heterocycles. The molecular weight excluding hydrogens is 368 g/mol. The van der Waals surface area contributed by atoms with Crippen LogP contribution in [0, 0.1) is 0 Å². The number of amides is 1. The van der Waals surface area contributed by atoms with Crippen molar-refractivity contribution in [3.63, 3.8) is 0 Å². The number of rotatable bonds is 4. The largest absolute Gasteiger partial charge is 0.480 e. The van der Waals surface area contributed by atoms with E-state index in [-0.39, 0.29) is 12.6 Å². The first-order chi connectivity index (χ1) is 13.8. The molecule has 0 radical (unpaired) electrons. The summed E-state index contributed by atoms with van der Waals surface area (Å²) in [6, 6.07) is 18.7. The predicted molar refractivity (Wildman–Crippen MR) is 111 cm³/mol. The fraction of sp³-hybridized carbons (Fsp3) is 0.391. The van der Waals surface area contributed by atoms with Crippen molar-refractivity contribution in [2.45, 2.75) is 38.5 Å². The van der Waals surface area contributed by atoms with Crippen LogP contribution in [-0.2, 0) is 9.53 Å². The minimum atomic E-state index is -0.949. The van der Waals surface area contributed by atoms with Gasteiger partial charge in [-0.2, -0.15) is 0 Å². The molecule has 0 saturated carbocycles. The van der Waals surface area contributed by atoms with Crippen LogP contribution in [0.25, 0.3) is 0 Å². The van der Waals surface area contributed by atoms with E-state index in [1.165, 1.54) is 4.90 Å². The van der Waals surface area contributed by atoms with Gasteiger partial charge in [0.15, 0.2) is 0 Å². The molecule has 3 rings (SSSR count). The van der Waals surface area contributed by atoms with Crippen molar-refractivity contribution in [3.8, 4) is 0 Å².